The summed E-state index contributed by atoms with van der Waals surface area (Å²) in [5.74, 6) is -0.364. The molecule has 0 aromatic heterocycles. The highest BCUT2D eigenvalue weighted by Crippen LogP contribution is 2.27. The van der Waals surface area contributed by atoms with Gasteiger partial charge in [0, 0.05) is 16.7 Å². The molecule has 1 aliphatic carbocycles. The molecule has 15 heavy (non-hydrogen) atoms. The third kappa shape index (κ3) is 3.48. The molecule has 1 rings (SSSR count). The van der Waals surface area contributed by atoms with E-state index in [0.29, 0.717) is 6.61 Å². The molecule has 0 aliphatic heterocycles. The fourth-order valence-corrected chi connectivity index (χ4v) is 1.46. The third-order valence-corrected chi connectivity index (χ3v) is 2.10. The average molecular weight is 207 g/mol. The summed E-state index contributed by atoms with van der Waals surface area (Å²) in [6, 6.07) is 0. The van der Waals surface area contributed by atoms with Gasteiger partial charge in [0.05, 0.1) is 6.61 Å². The Bertz CT molecular complexity index is 352. The van der Waals surface area contributed by atoms with Crippen LogP contribution >= 0.6 is 0 Å². The van der Waals surface area contributed by atoms with Gasteiger partial charge in [0.1, 0.15) is 0 Å². The number of ether oxygens (including phenoxy) is 1. The van der Waals surface area contributed by atoms with Gasteiger partial charge in [-0.05, 0) is 37.3 Å². The van der Waals surface area contributed by atoms with E-state index in [-0.39, 0.29) is 5.97 Å². The maximum Gasteiger partial charge on any atom is 0.330 e. The lowest BCUT2D eigenvalue weighted by Crippen LogP contribution is -1.98. The summed E-state index contributed by atoms with van der Waals surface area (Å²) < 4.78 is 4.75. The lowest BCUT2D eigenvalue weighted by Gasteiger charge is -1.96. The Morgan fingerprint density at radius 1 is 1.67 bits per heavy atom. The van der Waals surface area contributed by atoms with Crippen LogP contribution in [-0.2, 0) is 9.53 Å². The predicted octanol–water partition coefficient (Wildman–Crippen LogP) is 2.85. The van der Waals surface area contributed by atoms with Crippen molar-refractivity contribution in [3.63, 3.8) is 0 Å². The molecular formula is C10H13N3O2. The highest BCUT2D eigenvalue weighted by molar-refractivity contribution is 5.82. The summed E-state index contributed by atoms with van der Waals surface area (Å²) in [7, 11) is 0. The van der Waals surface area contributed by atoms with E-state index in [1.54, 1.807) is 13.0 Å². The van der Waals surface area contributed by atoms with Crippen molar-refractivity contribution >= 4 is 5.97 Å². The van der Waals surface area contributed by atoms with E-state index in [2.05, 4.69) is 10.0 Å². The highest BCUT2D eigenvalue weighted by Gasteiger charge is 2.10. The minimum absolute atomic E-state index is 0.364. The van der Waals surface area contributed by atoms with Gasteiger partial charge in [0.25, 0.3) is 0 Å². The molecule has 0 heterocycles. The van der Waals surface area contributed by atoms with Crippen molar-refractivity contribution in [2.75, 3.05) is 6.61 Å². The Hall–Kier alpha value is -1.74. The fraction of sp³-hybridized carbons (Fsp3) is 0.500. The Balaban J connectivity index is 2.67. The average Bonchev–Trinajstić information content (AvgIpc) is 2.64. The number of hydrogen-bond acceptors (Lipinski definition) is 3. The summed E-state index contributed by atoms with van der Waals surface area (Å²) in [6.07, 6.45) is 5.65. The van der Waals surface area contributed by atoms with Crippen LogP contribution in [0.1, 0.15) is 26.2 Å². The molecule has 0 spiro atoms. The van der Waals surface area contributed by atoms with Crippen molar-refractivity contribution in [1.29, 1.82) is 0 Å². The molecule has 0 saturated heterocycles. The van der Waals surface area contributed by atoms with Gasteiger partial charge in [-0.25, -0.2) is 4.79 Å². The van der Waals surface area contributed by atoms with Crippen LogP contribution in [0.25, 0.3) is 10.4 Å². The molecule has 0 fully saturated rings. The molecule has 0 aromatic rings. The van der Waals surface area contributed by atoms with Crippen molar-refractivity contribution in [2.24, 2.45) is 5.11 Å². The van der Waals surface area contributed by atoms with Gasteiger partial charge >= 0.3 is 5.97 Å². The lowest BCUT2D eigenvalue weighted by molar-refractivity contribution is -0.137. The van der Waals surface area contributed by atoms with Crippen LogP contribution in [0.15, 0.2) is 28.5 Å². The molecule has 0 N–H and O–H groups in total. The summed E-state index contributed by atoms with van der Waals surface area (Å²) in [5, 5.41) is 3.59. The second-order valence-electron chi connectivity index (χ2n) is 3.10. The van der Waals surface area contributed by atoms with Gasteiger partial charge in [-0.15, -0.1) is 0 Å². The smallest absolute Gasteiger partial charge is 0.330 e. The fourth-order valence-electron chi connectivity index (χ4n) is 1.46. The first kappa shape index (κ1) is 11.3. The molecule has 5 heteroatoms. The second kappa shape index (κ2) is 5.88. The molecule has 0 unspecified atom stereocenters. The number of rotatable bonds is 4. The van der Waals surface area contributed by atoms with Crippen LogP contribution in [-0.4, -0.2) is 12.6 Å². The summed E-state index contributed by atoms with van der Waals surface area (Å²) in [6.45, 7) is 2.12. The molecule has 0 amide bonds. The SMILES string of the molecule is CCOC(=O)/C=C/C1=C(N=[N+]=[N-])CCC1. The minimum Gasteiger partial charge on any atom is -0.463 e. The van der Waals surface area contributed by atoms with E-state index < -0.39 is 0 Å². The molecule has 1 aliphatic rings. The van der Waals surface area contributed by atoms with Crippen molar-refractivity contribution in [3.05, 3.63) is 33.9 Å². The topological polar surface area (TPSA) is 75.1 Å². The second-order valence-corrected chi connectivity index (χ2v) is 3.10. The van der Waals surface area contributed by atoms with Gasteiger partial charge in [-0.2, -0.15) is 0 Å². The zero-order chi connectivity index (χ0) is 11.1. The predicted molar refractivity (Wildman–Crippen MR) is 55.8 cm³/mol. The largest absolute Gasteiger partial charge is 0.463 e. The lowest BCUT2D eigenvalue weighted by atomic mass is 10.2. The normalized spacial score (nSPS) is 15.5. The minimum atomic E-state index is -0.364. The quantitative estimate of drug-likeness (QED) is 0.234. The van der Waals surface area contributed by atoms with Crippen LogP contribution in [0, 0.1) is 0 Å². The number of azide groups is 1. The zero-order valence-corrected chi connectivity index (χ0v) is 8.64. The molecular weight excluding hydrogens is 194 g/mol. The van der Waals surface area contributed by atoms with E-state index in [4.69, 9.17) is 10.3 Å². The van der Waals surface area contributed by atoms with Gasteiger partial charge in [0.15, 0.2) is 0 Å². The van der Waals surface area contributed by atoms with E-state index in [1.807, 2.05) is 0 Å². The maximum absolute atomic E-state index is 11.0. The third-order valence-electron chi connectivity index (χ3n) is 2.10. The van der Waals surface area contributed by atoms with E-state index in [0.717, 1.165) is 30.5 Å². The first-order valence-corrected chi connectivity index (χ1v) is 4.90. The van der Waals surface area contributed by atoms with Crippen molar-refractivity contribution in [2.45, 2.75) is 26.2 Å². The van der Waals surface area contributed by atoms with Crippen molar-refractivity contribution < 1.29 is 9.53 Å². The highest BCUT2D eigenvalue weighted by atomic mass is 16.5. The monoisotopic (exact) mass is 207 g/mol. The Labute approximate surface area is 88.0 Å². The Morgan fingerprint density at radius 3 is 3.13 bits per heavy atom. The molecule has 80 valence electrons. The number of esters is 1. The summed E-state index contributed by atoms with van der Waals surface area (Å²) >= 11 is 0. The number of carbonyl (C=O) groups is 1. The van der Waals surface area contributed by atoms with Crippen LogP contribution in [0.3, 0.4) is 0 Å². The van der Waals surface area contributed by atoms with Crippen molar-refractivity contribution in [1.82, 2.24) is 0 Å². The molecule has 5 nitrogen and oxygen atoms in total. The van der Waals surface area contributed by atoms with E-state index >= 15 is 0 Å². The van der Waals surface area contributed by atoms with Gasteiger partial charge in [-0.1, -0.05) is 11.2 Å². The van der Waals surface area contributed by atoms with Crippen LogP contribution in [0.4, 0.5) is 0 Å². The van der Waals surface area contributed by atoms with Crippen LogP contribution < -0.4 is 0 Å². The molecule has 0 aromatic carbocycles. The van der Waals surface area contributed by atoms with Gasteiger partial charge in [0.2, 0.25) is 0 Å². The maximum atomic E-state index is 11.0. The first-order valence-electron chi connectivity index (χ1n) is 4.90. The van der Waals surface area contributed by atoms with Crippen LogP contribution in [0.2, 0.25) is 0 Å². The Morgan fingerprint density at radius 2 is 2.47 bits per heavy atom. The first-order chi connectivity index (χ1) is 7.27. The van der Waals surface area contributed by atoms with E-state index in [9.17, 15) is 4.79 Å². The number of carbonyl (C=O) groups excluding carboxylic acids is 1. The number of allylic oxidation sites excluding steroid dienone is 3. The number of hydrogen-bond donors (Lipinski definition) is 0. The molecule has 0 radical (unpaired) electrons. The van der Waals surface area contributed by atoms with Gasteiger partial charge < -0.3 is 4.74 Å². The molecule has 0 saturated carbocycles. The standard InChI is InChI=1S/C10H13N3O2/c1-2-15-10(14)7-6-8-4-3-5-9(8)12-13-11/h6-7H,2-5H2,1H3/b7-6+. The van der Waals surface area contributed by atoms with Crippen molar-refractivity contribution in [3.8, 4) is 0 Å². The van der Waals surface area contributed by atoms with Gasteiger partial charge in [-0.3, -0.25) is 0 Å². The summed E-state index contributed by atoms with van der Waals surface area (Å²) in [4.78, 5) is 13.8. The zero-order valence-electron chi connectivity index (χ0n) is 8.64. The molecule has 0 bridgehead atoms. The molecule has 0 atom stereocenters. The van der Waals surface area contributed by atoms with E-state index in [1.165, 1.54) is 6.08 Å². The summed E-state index contributed by atoms with van der Waals surface area (Å²) in [5.41, 5.74) is 9.98. The Kier molecular flexibility index (Phi) is 4.44. The van der Waals surface area contributed by atoms with Crippen LogP contribution in [0.5, 0.6) is 0 Å². The number of nitrogens with zero attached hydrogens (tertiary/aromatic N) is 3.